The molecule has 1 aromatic heterocycles. The number of carbonyl (C=O) groups excluding carboxylic acids is 1. The molecule has 25 heavy (non-hydrogen) atoms. The van der Waals surface area contributed by atoms with E-state index < -0.39 is 0 Å². The smallest absolute Gasteiger partial charge is 0.276 e. The number of anilines is 2. The maximum atomic E-state index is 12.3. The third kappa shape index (κ3) is 4.33. The van der Waals surface area contributed by atoms with E-state index in [4.69, 9.17) is 0 Å². The van der Waals surface area contributed by atoms with E-state index in [1.807, 2.05) is 30.3 Å². The van der Waals surface area contributed by atoms with Crippen LogP contribution in [0.25, 0.3) is 0 Å². The molecule has 1 aliphatic heterocycles. The number of piperazine rings is 1. The van der Waals surface area contributed by atoms with Crippen molar-refractivity contribution in [1.82, 2.24) is 15.1 Å². The van der Waals surface area contributed by atoms with E-state index >= 15 is 0 Å². The van der Waals surface area contributed by atoms with Crippen LogP contribution in [-0.4, -0.2) is 54.2 Å². The van der Waals surface area contributed by atoms with Crippen LogP contribution in [-0.2, 0) is 0 Å². The van der Waals surface area contributed by atoms with Gasteiger partial charge in [0.15, 0.2) is 11.5 Å². The number of nitrogens with one attached hydrogen (secondary N) is 1. The Kier molecular flexibility index (Phi) is 5.28. The molecule has 0 unspecified atom stereocenters. The van der Waals surface area contributed by atoms with Crippen molar-refractivity contribution in [2.24, 2.45) is 0 Å². The fraction of sp³-hybridized carbons (Fsp3) is 0.421. The van der Waals surface area contributed by atoms with Gasteiger partial charge < -0.3 is 15.1 Å². The minimum absolute atomic E-state index is 0.241. The summed E-state index contributed by atoms with van der Waals surface area (Å²) < 4.78 is 0. The van der Waals surface area contributed by atoms with Crippen molar-refractivity contribution in [2.45, 2.75) is 19.8 Å². The zero-order valence-corrected chi connectivity index (χ0v) is 15.1. The molecule has 1 N–H and O–H groups in total. The SMILES string of the molecule is CC(C)c1ccc(NC(=O)c2ccc(N3CCN(C)CC3)nn2)cc1. The normalized spacial score (nSPS) is 15.4. The van der Waals surface area contributed by atoms with Crippen LogP contribution in [0.1, 0.15) is 35.8 Å². The lowest BCUT2D eigenvalue weighted by Gasteiger charge is -2.32. The summed E-state index contributed by atoms with van der Waals surface area (Å²) in [6.07, 6.45) is 0. The first-order valence-electron chi connectivity index (χ1n) is 8.71. The summed E-state index contributed by atoms with van der Waals surface area (Å²) in [6.45, 7) is 8.17. The summed E-state index contributed by atoms with van der Waals surface area (Å²) in [5.41, 5.74) is 2.33. The fourth-order valence-electron chi connectivity index (χ4n) is 2.80. The van der Waals surface area contributed by atoms with Gasteiger partial charge in [-0.1, -0.05) is 26.0 Å². The summed E-state index contributed by atoms with van der Waals surface area (Å²) in [5, 5.41) is 11.2. The molecule has 0 atom stereocenters. The minimum atomic E-state index is -0.241. The summed E-state index contributed by atoms with van der Waals surface area (Å²) in [6, 6.07) is 11.5. The van der Waals surface area contributed by atoms with Gasteiger partial charge in [0.05, 0.1) is 0 Å². The molecule has 6 heteroatoms. The van der Waals surface area contributed by atoms with Crippen molar-refractivity contribution < 1.29 is 4.79 Å². The molecule has 0 spiro atoms. The van der Waals surface area contributed by atoms with Gasteiger partial charge in [0.25, 0.3) is 5.91 Å². The zero-order valence-electron chi connectivity index (χ0n) is 15.1. The third-order valence-corrected chi connectivity index (χ3v) is 4.55. The molecule has 1 amide bonds. The van der Waals surface area contributed by atoms with Crippen LogP contribution in [0.4, 0.5) is 11.5 Å². The van der Waals surface area contributed by atoms with Crippen LogP contribution < -0.4 is 10.2 Å². The number of amides is 1. The van der Waals surface area contributed by atoms with Gasteiger partial charge in [0, 0.05) is 31.9 Å². The molecule has 2 heterocycles. The van der Waals surface area contributed by atoms with E-state index in [1.165, 1.54) is 5.56 Å². The molecule has 0 aliphatic carbocycles. The Labute approximate surface area is 148 Å². The summed E-state index contributed by atoms with van der Waals surface area (Å²) in [7, 11) is 2.12. The molecule has 2 aromatic rings. The Hall–Kier alpha value is -2.47. The summed E-state index contributed by atoms with van der Waals surface area (Å²) in [5.74, 6) is 1.05. The van der Waals surface area contributed by atoms with Crippen molar-refractivity contribution in [3.05, 3.63) is 47.7 Å². The van der Waals surface area contributed by atoms with Crippen LogP contribution in [0.5, 0.6) is 0 Å². The summed E-state index contributed by atoms with van der Waals surface area (Å²) in [4.78, 5) is 16.8. The van der Waals surface area contributed by atoms with E-state index in [0.29, 0.717) is 11.6 Å². The van der Waals surface area contributed by atoms with Crippen molar-refractivity contribution in [3.63, 3.8) is 0 Å². The highest BCUT2D eigenvalue weighted by Crippen LogP contribution is 2.18. The molecule has 0 bridgehead atoms. The highest BCUT2D eigenvalue weighted by molar-refractivity contribution is 6.02. The van der Waals surface area contributed by atoms with Gasteiger partial charge in [0.2, 0.25) is 0 Å². The molecule has 1 aromatic carbocycles. The third-order valence-electron chi connectivity index (χ3n) is 4.55. The molecule has 3 rings (SSSR count). The zero-order chi connectivity index (χ0) is 17.8. The van der Waals surface area contributed by atoms with E-state index in [2.05, 4.69) is 46.2 Å². The van der Waals surface area contributed by atoms with Crippen molar-refractivity contribution in [2.75, 3.05) is 43.4 Å². The number of aromatic nitrogens is 2. The number of carbonyl (C=O) groups is 1. The average molecular weight is 339 g/mol. The Morgan fingerprint density at radius 3 is 2.24 bits per heavy atom. The second-order valence-electron chi connectivity index (χ2n) is 6.80. The maximum absolute atomic E-state index is 12.3. The van der Waals surface area contributed by atoms with Crippen LogP contribution in [0, 0.1) is 0 Å². The number of hydrogen-bond donors (Lipinski definition) is 1. The molecule has 0 saturated carbocycles. The maximum Gasteiger partial charge on any atom is 0.276 e. The van der Waals surface area contributed by atoms with Gasteiger partial charge in [-0.15, -0.1) is 10.2 Å². The van der Waals surface area contributed by atoms with Crippen LogP contribution >= 0.6 is 0 Å². The van der Waals surface area contributed by atoms with Gasteiger partial charge in [-0.05, 0) is 42.8 Å². The van der Waals surface area contributed by atoms with Gasteiger partial charge >= 0.3 is 0 Å². The Morgan fingerprint density at radius 1 is 1.00 bits per heavy atom. The van der Waals surface area contributed by atoms with E-state index in [0.717, 1.165) is 37.7 Å². The van der Waals surface area contributed by atoms with Crippen LogP contribution in [0.15, 0.2) is 36.4 Å². The second-order valence-corrected chi connectivity index (χ2v) is 6.80. The molecule has 132 valence electrons. The quantitative estimate of drug-likeness (QED) is 0.928. The molecule has 0 radical (unpaired) electrons. The molecule has 1 fully saturated rings. The highest BCUT2D eigenvalue weighted by atomic mass is 16.1. The average Bonchev–Trinajstić information content (AvgIpc) is 2.63. The number of benzene rings is 1. The molecule has 1 aliphatic rings. The predicted octanol–water partition coefficient (Wildman–Crippen LogP) is 2.60. The molecule has 1 saturated heterocycles. The Balaban J connectivity index is 1.62. The first kappa shape index (κ1) is 17.4. The van der Waals surface area contributed by atoms with E-state index in [-0.39, 0.29) is 5.91 Å². The minimum Gasteiger partial charge on any atom is -0.353 e. The van der Waals surface area contributed by atoms with Gasteiger partial charge in [-0.3, -0.25) is 4.79 Å². The summed E-state index contributed by atoms with van der Waals surface area (Å²) >= 11 is 0. The van der Waals surface area contributed by atoms with Gasteiger partial charge in [-0.2, -0.15) is 0 Å². The topological polar surface area (TPSA) is 61.4 Å². The first-order valence-corrected chi connectivity index (χ1v) is 8.71. The van der Waals surface area contributed by atoms with Crippen molar-refractivity contribution in [1.29, 1.82) is 0 Å². The van der Waals surface area contributed by atoms with Gasteiger partial charge in [0.1, 0.15) is 0 Å². The van der Waals surface area contributed by atoms with Crippen molar-refractivity contribution >= 4 is 17.4 Å². The first-order chi connectivity index (χ1) is 12.0. The number of hydrogen-bond acceptors (Lipinski definition) is 5. The number of nitrogens with zero attached hydrogens (tertiary/aromatic N) is 4. The monoisotopic (exact) mass is 339 g/mol. The highest BCUT2D eigenvalue weighted by Gasteiger charge is 2.16. The van der Waals surface area contributed by atoms with E-state index in [1.54, 1.807) is 6.07 Å². The largest absolute Gasteiger partial charge is 0.353 e. The Morgan fingerprint density at radius 2 is 1.68 bits per heavy atom. The number of rotatable bonds is 4. The van der Waals surface area contributed by atoms with Crippen LogP contribution in [0.3, 0.4) is 0 Å². The molecular weight excluding hydrogens is 314 g/mol. The second kappa shape index (κ2) is 7.61. The van der Waals surface area contributed by atoms with Gasteiger partial charge in [-0.25, -0.2) is 0 Å². The van der Waals surface area contributed by atoms with Crippen molar-refractivity contribution in [3.8, 4) is 0 Å². The Bertz CT molecular complexity index is 704. The lowest BCUT2D eigenvalue weighted by atomic mass is 10.0. The standard InChI is InChI=1S/C19H25N5O/c1-14(2)15-4-6-16(7-5-15)20-19(25)17-8-9-18(22-21-17)24-12-10-23(3)11-13-24/h4-9,14H,10-13H2,1-3H3,(H,20,25). The number of likely N-dealkylation sites (N-methyl/N-ethyl adjacent to an activating group) is 1. The lowest BCUT2D eigenvalue weighted by molar-refractivity contribution is 0.102. The fourth-order valence-corrected chi connectivity index (χ4v) is 2.80. The lowest BCUT2D eigenvalue weighted by Crippen LogP contribution is -2.44. The van der Waals surface area contributed by atoms with Crippen LogP contribution in [0.2, 0.25) is 0 Å². The molecular formula is C19H25N5O. The van der Waals surface area contributed by atoms with E-state index in [9.17, 15) is 4.79 Å². The predicted molar refractivity (Wildman–Crippen MR) is 100 cm³/mol. The molecule has 6 nitrogen and oxygen atoms in total.